The monoisotopic (exact) mass is 240 g/mol. The smallest absolute Gasteiger partial charge is 0.131 e. The van der Waals surface area contributed by atoms with Crippen molar-refractivity contribution in [3.8, 4) is 11.1 Å². The molecule has 0 aliphatic rings. The minimum absolute atomic E-state index is 0.0486. The first kappa shape index (κ1) is 10.8. The topological polar surface area (TPSA) is 38.9 Å². The van der Waals surface area contributed by atoms with Crippen LogP contribution in [-0.4, -0.2) is 4.98 Å². The van der Waals surface area contributed by atoms with Crippen LogP contribution in [0.3, 0.4) is 0 Å². The van der Waals surface area contributed by atoms with Gasteiger partial charge in [0.2, 0.25) is 0 Å². The maximum Gasteiger partial charge on any atom is 0.131 e. The third-order valence-corrected chi connectivity index (χ3v) is 2.31. The fourth-order valence-corrected chi connectivity index (χ4v) is 1.53. The highest BCUT2D eigenvalue weighted by molar-refractivity contribution is 6.30. The number of benzene rings is 1. The fraction of sp³-hybridized carbons (Fsp3) is 0. The molecule has 0 saturated carbocycles. The second-order valence-electron chi connectivity index (χ2n) is 3.21. The molecule has 0 aliphatic carbocycles. The van der Waals surface area contributed by atoms with E-state index < -0.39 is 11.6 Å². The first-order valence-corrected chi connectivity index (χ1v) is 4.82. The van der Waals surface area contributed by atoms with Crippen LogP contribution in [0.25, 0.3) is 11.1 Å². The van der Waals surface area contributed by atoms with Crippen molar-refractivity contribution in [2.45, 2.75) is 0 Å². The van der Waals surface area contributed by atoms with Crippen molar-refractivity contribution in [3.05, 3.63) is 47.1 Å². The maximum atomic E-state index is 13.5. The number of nitrogens with two attached hydrogens (primary N) is 1. The molecule has 0 radical (unpaired) electrons. The van der Waals surface area contributed by atoms with E-state index in [-0.39, 0.29) is 16.9 Å². The molecule has 2 rings (SSSR count). The Hall–Kier alpha value is -1.68. The summed E-state index contributed by atoms with van der Waals surface area (Å²) >= 11 is 5.72. The highest BCUT2D eigenvalue weighted by Gasteiger charge is 2.11. The molecule has 0 unspecified atom stereocenters. The van der Waals surface area contributed by atoms with E-state index in [9.17, 15) is 8.78 Å². The summed E-state index contributed by atoms with van der Waals surface area (Å²) in [6, 6.07) is 4.57. The molecule has 1 aromatic heterocycles. The average molecular weight is 241 g/mol. The first-order valence-electron chi connectivity index (χ1n) is 4.44. The van der Waals surface area contributed by atoms with Gasteiger partial charge in [0.1, 0.15) is 17.5 Å². The molecule has 82 valence electrons. The van der Waals surface area contributed by atoms with Gasteiger partial charge < -0.3 is 5.73 Å². The van der Waals surface area contributed by atoms with Gasteiger partial charge in [0.25, 0.3) is 0 Å². The number of nitrogens with zero attached hydrogens (tertiary/aromatic N) is 1. The molecular weight excluding hydrogens is 234 g/mol. The summed E-state index contributed by atoms with van der Waals surface area (Å²) in [7, 11) is 0. The SMILES string of the molecule is Nc1ncc(Cl)cc1-c1cc(F)ccc1F. The lowest BCUT2D eigenvalue weighted by molar-refractivity contribution is 0.603. The number of anilines is 1. The molecule has 0 saturated heterocycles. The Bertz CT molecular complexity index is 494. The van der Waals surface area contributed by atoms with E-state index in [2.05, 4.69) is 4.98 Å². The number of aromatic nitrogens is 1. The standard InChI is InChI=1S/C11H7ClF2N2/c12-6-3-9(11(15)16-5-6)8-4-7(13)1-2-10(8)14/h1-5H,(H2,15,16). The Morgan fingerprint density at radius 3 is 2.62 bits per heavy atom. The van der Waals surface area contributed by atoms with Crippen molar-refractivity contribution in [2.75, 3.05) is 5.73 Å². The summed E-state index contributed by atoms with van der Waals surface area (Å²) in [5, 5.41) is 0.313. The van der Waals surface area contributed by atoms with Crippen molar-refractivity contribution in [3.63, 3.8) is 0 Å². The molecule has 5 heteroatoms. The summed E-state index contributed by atoms with van der Waals surface area (Å²) in [5.74, 6) is -1.01. The lowest BCUT2D eigenvalue weighted by Crippen LogP contribution is -1.96. The number of nitrogen functional groups attached to an aromatic ring is 1. The van der Waals surface area contributed by atoms with E-state index in [4.69, 9.17) is 17.3 Å². The molecule has 0 aliphatic heterocycles. The normalized spacial score (nSPS) is 10.4. The van der Waals surface area contributed by atoms with Crippen LogP contribution in [0.2, 0.25) is 5.02 Å². The molecule has 2 aromatic rings. The molecule has 0 fully saturated rings. The van der Waals surface area contributed by atoms with Gasteiger partial charge in [-0.2, -0.15) is 0 Å². The molecule has 2 N–H and O–H groups in total. The Morgan fingerprint density at radius 1 is 1.12 bits per heavy atom. The van der Waals surface area contributed by atoms with Gasteiger partial charge in [-0.3, -0.25) is 0 Å². The first-order chi connectivity index (χ1) is 7.58. The number of hydrogen-bond acceptors (Lipinski definition) is 2. The van der Waals surface area contributed by atoms with Crippen LogP contribution in [0.15, 0.2) is 30.5 Å². The third kappa shape index (κ3) is 1.97. The van der Waals surface area contributed by atoms with E-state index in [0.29, 0.717) is 5.02 Å². The second-order valence-corrected chi connectivity index (χ2v) is 3.65. The maximum absolute atomic E-state index is 13.5. The lowest BCUT2D eigenvalue weighted by atomic mass is 10.1. The Morgan fingerprint density at radius 2 is 1.88 bits per heavy atom. The Balaban J connectivity index is 2.66. The summed E-state index contributed by atoms with van der Waals surface area (Å²) in [5.41, 5.74) is 5.91. The zero-order chi connectivity index (χ0) is 11.7. The van der Waals surface area contributed by atoms with Crippen LogP contribution in [0.1, 0.15) is 0 Å². The predicted octanol–water partition coefficient (Wildman–Crippen LogP) is 3.26. The molecule has 0 atom stereocenters. The van der Waals surface area contributed by atoms with Crippen LogP contribution < -0.4 is 5.73 Å². The Labute approximate surface area is 95.7 Å². The highest BCUT2D eigenvalue weighted by Crippen LogP contribution is 2.29. The van der Waals surface area contributed by atoms with Crippen molar-refractivity contribution in [1.82, 2.24) is 4.98 Å². The van der Waals surface area contributed by atoms with Crippen LogP contribution >= 0.6 is 11.6 Å². The minimum Gasteiger partial charge on any atom is -0.383 e. The van der Waals surface area contributed by atoms with Crippen LogP contribution in [0.5, 0.6) is 0 Å². The van der Waals surface area contributed by atoms with Gasteiger partial charge >= 0.3 is 0 Å². The van der Waals surface area contributed by atoms with Gasteiger partial charge in [0.15, 0.2) is 0 Å². The minimum atomic E-state index is -0.572. The van der Waals surface area contributed by atoms with Crippen LogP contribution in [0, 0.1) is 11.6 Å². The van der Waals surface area contributed by atoms with Gasteiger partial charge in [-0.1, -0.05) is 11.6 Å². The van der Waals surface area contributed by atoms with Crippen molar-refractivity contribution in [2.24, 2.45) is 0 Å². The number of hydrogen-bond donors (Lipinski definition) is 1. The molecule has 0 amide bonds. The molecule has 16 heavy (non-hydrogen) atoms. The second kappa shape index (κ2) is 4.06. The van der Waals surface area contributed by atoms with E-state index in [1.165, 1.54) is 12.3 Å². The lowest BCUT2D eigenvalue weighted by Gasteiger charge is -2.06. The van der Waals surface area contributed by atoms with Crippen molar-refractivity contribution in [1.29, 1.82) is 0 Å². The highest BCUT2D eigenvalue weighted by atomic mass is 35.5. The van der Waals surface area contributed by atoms with Crippen molar-refractivity contribution < 1.29 is 8.78 Å². The number of halogens is 3. The zero-order valence-corrected chi connectivity index (χ0v) is 8.80. The molecule has 0 bridgehead atoms. The van der Waals surface area contributed by atoms with E-state index in [0.717, 1.165) is 18.2 Å². The van der Waals surface area contributed by atoms with Gasteiger partial charge in [-0.05, 0) is 24.3 Å². The van der Waals surface area contributed by atoms with E-state index in [1.807, 2.05) is 0 Å². The zero-order valence-electron chi connectivity index (χ0n) is 8.05. The number of pyridine rings is 1. The summed E-state index contributed by atoms with van der Waals surface area (Å²) in [6.07, 6.45) is 1.34. The van der Waals surface area contributed by atoms with Gasteiger partial charge in [-0.25, -0.2) is 13.8 Å². The molecular formula is C11H7ClF2N2. The summed E-state index contributed by atoms with van der Waals surface area (Å²) < 4.78 is 26.5. The van der Waals surface area contributed by atoms with Crippen LogP contribution in [-0.2, 0) is 0 Å². The third-order valence-electron chi connectivity index (χ3n) is 2.10. The van der Waals surface area contributed by atoms with Gasteiger partial charge in [0.05, 0.1) is 5.02 Å². The summed E-state index contributed by atoms with van der Waals surface area (Å²) in [4.78, 5) is 3.78. The fourth-order valence-electron chi connectivity index (χ4n) is 1.37. The summed E-state index contributed by atoms with van der Waals surface area (Å²) in [6.45, 7) is 0. The average Bonchev–Trinajstić information content (AvgIpc) is 2.25. The van der Waals surface area contributed by atoms with Gasteiger partial charge in [0, 0.05) is 17.3 Å². The molecule has 1 aromatic carbocycles. The predicted molar refractivity (Wildman–Crippen MR) is 59.0 cm³/mol. The largest absolute Gasteiger partial charge is 0.383 e. The van der Waals surface area contributed by atoms with E-state index in [1.54, 1.807) is 0 Å². The number of rotatable bonds is 1. The van der Waals surface area contributed by atoms with Crippen LogP contribution in [0.4, 0.5) is 14.6 Å². The molecule has 2 nitrogen and oxygen atoms in total. The quantitative estimate of drug-likeness (QED) is 0.831. The molecule has 1 heterocycles. The van der Waals surface area contributed by atoms with E-state index >= 15 is 0 Å². The van der Waals surface area contributed by atoms with Crippen molar-refractivity contribution >= 4 is 17.4 Å². The molecule has 0 spiro atoms. The van der Waals surface area contributed by atoms with Gasteiger partial charge in [-0.15, -0.1) is 0 Å². The Kier molecular flexibility index (Phi) is 2.75.